The topological polar surface area (TPSA) is 63.7 Å². The maximum Gasteiger partial charge on any atom is 0.229 e. The van der Waals surface area contributed by atoms with Gasteiger partial charge in [0.15, 0.2) is 0 Å². The van der Waals surface area contributed by atoms with Crippen LogP contribution in [0.4, 0.5) is 11.5 Å². The molecule has 126 valence electrons. The number of pyridine rings is 1. The number of anilines is 2. The van der Waals surface area contributed by atoms with Gasteiger partial charge in [0.2, 0.25) is 5.91 Å². The first kappa shape index (κ1) is 16.3. The molecule has 0 atom stereocenters. The molecular weight excluding hydrogens is 306 g/mol. The van der Waals surface area contributed by atoms with Gasteiger partial charge in [-0.2, -0.15) is 0 Å². The van der Waals surface area contributed by atoms with Crippen LogP contribution >= 0.6 is 0 Å². The van der Waals surface area contributed by atoms with Gasteiger partial charge in [-0.3, -0.25) is 4.79 Å². The van der Waals surface area contributed by atoms with Crippen molar-refractivity contribution in [3.05, 3.63) is 48.2 Å². The Morgan fingerprint density at radius 1 is 1.21 bits per heavy atom. The molecule has 0 bridgehead atoms. The number of methoxy groups -OCH3 is 1. The highest BCUT2D eigenvalue weighted by Crippen LogP contribution is 2.17. The Bertz CT molecular complexity index is 665. The highest BCUT2D eigenvalue weighted by atomic mass is 16.5. The molecular formula is C18H21N3O3. The second-order valence-corrected chi connectivity index (χ2v) is 5.57. The summed E-state index contributed by atoms with van der Waals surface area (Å²) in [5.74, 6) is 1.25. The molecule has 0 saturated carbocycles. The standard InChI is InChI=1S/C18H21N3O3/c1-23-16-5-2-14(3-6-16)12-18(22)20-17-7-4-15(13-19-17)21-8-10-24-11-9-21/h2-7,13H,8-12H2,1H3,(H,19,20,22). The fraction of sp³-hybridized carbons (Fsp3) is 0.333. The van der Waals surface area contributed by atoms with E-state index in [0.717, 1.165) is 43.3 Å². The number of rotatable bonds is 5. The summed E-state index contributed by atoms with van der Waals surface area (Å²) in [7, 11) is 1.62. The summed E-state index contributed by atoms with van der Waals surface area (Å²) in [6.07, 6.45) is 2.09. The number of carbonyl (C=O) groups is 1. The van der Waals surface area contributed by atoms with E-state index in [-0.39, 0.29) is 5.91 Å². The fourth-order valence-corrected chi connectivity index (χ4v) is 2.58. The normalized spacial score (nSPS) is 14.3. The maximum absolute atomic E-state index is 12.1. The lowest BCUT2D eigenvalue weighted by atomic mass is 10.1. The van der Waals surface area contributed by atoms with Crippen LogP contribution in [0.3, 0.4) is 0 Å². The summed E-state index contributed by atoms with van der Waals surface area (Å²) in [6, 6.07) is 11.3. The molecule has 1 fully saturated rings. The number of hydrogen-bond donors (Lipinski definition) is 1. The number of carbonyl (C=O) groups excluding carboxylic acids is 1. The Balaban J connectivity index is 1.55. The van der Waals surface area contributed by atoms with Crippen molar-refractivity contribution in [1.82, 2.24) is 4.98 Å². The first-order chi connectivity index (χ1) is 11.7. The van der Waals surface area contributed by atoms with Gasteiger partial charge in [-0.25, -0.2) is 4.98 Å². The van der Waals surface area contributed by atoms with Crippen LogP contribution in [-0.2, 0) is 16.0 Å². The van der Waals surface area contributed by atoms with E-state index in [1.165, 1.54) is 0 Å². The first-order valence-electron chi connectivity index (χ1n) is 7.96. The number of ether oxygens (including phenoxy) is 2. The monoisotopic (exact) mass is 327 g/mol. The summed E-state index contributed by atoms with van der Waals surface area (Å²) >= 11 is 0. The molecule has 2 aromatic rings. The Morgan fingerprint density at radius 2 is 1.96 bits per heavy atom. The van der Waals surface area contributed by atoms with Crippen molar-refractivity contribution >= 4 is 17.4 Å². The van der Waals surface area contributed by atoms with Crippen LogP contribution in [0.2, 0.25) is 0 Å². The molecule has 1 aromatic heterocycles. The molecule has 1 saturated heterocycles. The minimum absolute atomic E-state index is 0.0909. The fourth-order valence-electron chi connectivity index (χ4n) is 2.58. The van der Waals surface area contributed by atoms with Crippen LogP contribution in [0.5, 0.6) is 5.75 Å². The highest BCUT2D eigenvalue weighted by Gasteiger charge is 2.12. The van der Waals surface area contributed by atoms with Gasteiger partial charge in [-0.1, -0.05) is 12.1 Å². The lowest BCUT2D eigenvalue weighted by Gasteiger charge is -2.28. The molecule has 0 aliphatic carbocycles. The van der Waals surface area contributed by atoms with Crippen molar-refractivity contribution in [1.29, 1.82) is 0 Å². The zero-order valence-electron chi connectivity index (χ0n) is 13.7. The van der Waals surface area contributed by atoms with Crippen LogP contribution < -0.4 is 15.0 Å². The number of morpholine rings is 1. The third kappa shape index (κ3) is 4.23. The van der Waals surface area contributed by atoms with Crippen LogP contribution in [0.15, 0.2) is 42.6 Å². The molecule has 1 amide bonds. The maximum atomic E-state index is 12.1. The third-order valence-corrected chi connectivity index (χ3v) is 3.92. The van der Waals surface area contributed by atoms with Gasteiger partial charge in [0.05, 0.1) is 38.6 Å². The van der Waals surface area contributed by atoms with Gasteiger partial charge in [-0.15, -0.1) is 0 Å². The quantitative estimate of drug-likeness (QED) is 0.911. The van der Waals surface area contributed by atoms with Crippen LogP contribution in [0.1, 0.15) is 5.56 Å². The van der Waals surface area contributed by atoms with Gasteiger partial charge in [-0.05, 0) is 29.8 Å². The molecule has 0 spiro atoms. The largest absolute Gasteiger partial charge is 0.497 e. The second-order valence-electron chi connectivity index (χ2n) is 5.57. The van der Waals surface area contributed by atoms with E-state index < -0.39 is 0 Å². The van der Waals surface area contributed by atoms with Gasteiger partial charge < -0.3 is 19.7 Å². The van der Waals surface area contributed by atoms with E-state index in [1.54, 1.807) is 13.3 Å². The second kappa shape index (κ2) is 7.79. The van der Waals surface area contributed by atoms with Crippen LogP contribution in [0.25, 0.3) is 0 Å². The molecule has 1 N–H and O–H groups in total. The zero-order valence-corrected chi connectivity index (χ0v) is 13.7. The van der Waals surface area contributed by atoms with Gasteiger partial charge >= 0.3 is 0 Å². The summed E-state index contributed by atoms with van der Waals surface area (Å²) in [5.41, 5.74) is 1.98. The Hall–Kier alpha value is -2.60. The van der Waals surface area contributed by atoms with Crippen LogP contribution in [0, 0.1) is 0 Å². The molecule has 1 aliphatic rings. The lowest BCUT2D eigenvalue weighted by molar-refractivity contribution is -0.115. The SMILES string of the molecule is COc1ccc(CC(=O)Nc2ccc(N3CCOCC3)cn2)cc1. The van der Waals surface area contributed by atoms with Crippen molar-refractivity contribution < 1.29 is 14.3 Å². The third-order valence-electron chi connectivity index (χ3n) is 3.92. The lowest BCUT2D eigenvalue weighted by Crippen LogP contribution is -2.36. The number of benzene rings is 1. The van der Waals surface area contributed by atoms with Gasteiger partial charge in [0, 0.05) is 13.1 Å². The van der Waals surface area contributed by atoms with E-state index in [1.807, 2.05) is 36.4 Å². The van der Waals surface area contributed by atoms with E-state index in [0.29, 0.717) is 12.2 Å². The number of nitrogens with zero attached hydrogens (tertiary/aromatic N) is 2. The zero-order chi connectivity index (χ0) is 16.8. The molecule has 1 aliphatic heterocycles. The van der Waals surface area contributed by atoms with Crippen molar-refractivity contribution in [2.24, 2.45) is 0 Å². The summed E-state index contributed by atoms with van der Waals surface area (Å²) in [6.45, 7) is 3.20. The molecule has 0 unspecified atom stereocenters. The number of hydrogen-bond acceptors (Lipinski definition) is 5. The van der Waals surface area contributed by atoms with Crippen molar-refractivity contribution in [3.63, 3.8) is 0 Å². The van der Waals surface area contributed by atoms with Crippen molar-refractivity contribution in [3.8, 4) is 5.75 Å². The summed E-state index contributed by atoms with van der Waals surface area (Å²) in [5, 5.41) is 2.82. The predicted molar refractivity (Wildman–Crippen MR) is 92.6 cm³/mol. The molecule has 0 radical (unpaired) electrons. The average molecular weight is 327 g/mol. The molecule has 6 heteroatoms. The molecule has 2 heterocycles. The number of aromatic nitrogens is 1. The van der Waals surface area contributed by atoms with Crippen molar-refractivity contribution in [2.75, 3.05) is 43.6 Å². The highest BCUT2D eigenvalue weighted by molar-refractivity contribution is 5.91. The minimum atomic E-state index is -0.0909. The minimum Gasteiger partial charge on any atom is -0.497 e. The number of amides is 1. The average Bonchev–Trinajstić information content (AvgIpc) is 2.64. The Morgan fingerprint density at radius 3 is 2.58 bits per heavy atom. The smallest absolute Gasteiger partial charge is 0.229 e. The predicted octanol–water partition coefficient (Wildman–Crippen LogP) is 2.11. The first-order valence-corrected chi connectivity index (χ1v) is 7.96. The van der Waals surface area contributed by atoms with Gasteiger partial charge in [0.25, 0.3) is 0 Å². The Labute approximate surface area is 141 Å². The van der Waals surface area contributed by atoms with Crippen LogP contribution in [-0.4, -0.2) is 44.3 Å². The van der Waals surface area contributed by atoms with Crippen molar-refractivity contribution in [2.45, 2.75) is 6.42 Å². The molecule has 6 nitrogen and oxygen atoms in total. The summed E-state index contributed by atoms with van der Waals surface area (Å²) < 4.78 is 10.5. The van der Waals surface area contributed by atoms with Gasteiger partial charge in [0.1, 0.15) is 11.6 Å². The molecule has 24 heavy (non-hydrogen) atoms. The van der Waals surface area contributed by atoms with E-state index in [2.05, 4.69) is 15.2 Å². The summed E-state index contributed by atoms with van der Waals surface area (Å²) in [4.78, 5) is 18.7. The van der Waals surface area contributed by atoms with E-state index >= 15 is 0 Å². The Kier molecular flexibility index (Phi) is 5.28. The molecule has 3 rings (SSSR count). The number of nitrogens with one attached hydrogen (secondary N) is 1. The van der Waals surface area contributed by atoms with E-state index in [4.69, 9.17) is 9.47 Å². The molecule has 1 aromatic carbocycles. The van der Waals surface area contributed by atoms with E-state index in [9.17, 15) is 4.79 Å².